The standard InChI is InChI=1S/C36H30/c1(7-15-31-17-11-5-12-18-31)3-9-21-33-23-27-35(28-24-33)36-29-25-34(26-30-36)22-10-4-2-8-16-32-19-13-6-14-20-32/h1-30H/b3-1+,4-2+,15-7+,16-8+,21-9+,22-10+. The zero-order chi connectivity index (χ0) is 24.7. The predicted molar refractivity (Wildman–Crippen MR) is 159 cm³/mol. The molecule has 0 heteroatoms. The molecule has 0 atom stereocenters. The van der Waals surface area contributed by atoms with Crippen molar-refractivity contribution in [2.45, 2.75) is 0 Å². The zero-order valence-corrected chi connectivity index (χ0v) is 20.3. The predicted octanol–water partition coefficient (Wildman–Crippen LogP) is 9.92. The number of hydrogen-bond donors (Lipinski definition) is 0. The molecule has 0 aliphatic heterocycles. The molecule has 4 rings (SSSR count). The molecule has 36 heavy (non-hydrogen) atoms. The molecule has 0 N–H and O–H groups in total. The molecule has 0 unspecified atom stereocenters. The highest BCUT2D eigenvalue weighted by molar-refractivity contribution is 5.68. The largest absolute Gasteiger partial charge is 0.0622 e. The van der Waals surface area contributed by atoms with Crippen LogP contribution in [0.4, 0.5) is 0 Å². The molecule has 174 valence electrons. The summed E-state index contributed by atoms with van der Waals surface area (Å²) in [5.41, 5.74) is 7.21. The van der Waals surface area contributed by atoms with Gasteiger partial charge in [-0.2, -0.15) is 0 Å². The van der Waals surface area contributed by atoms with Crippen LogP contribution in [0.25, 0.3) is 35.4 Å². The summed E-state index contributed by atoms with van der Waals surface area (Å²) in [4.78, 5) is 0. The Kier molecular flexibility index (Phi) is 9.43. The third-order valence-corrected chi connectivity index (χ3v) is 5.58. The van der Waals surface area contributed by atoms with Crippen LogP contribution in [-0.4, -0.2) is 0 Å². The van der Waals surface area contributed by atoms with Crippen molar-refractivity contribution in [2.24, 2.45) is 0 Å². The number of benzene rings is 4. The Balaban J connectivity index is 1.26. The van der Waals surface area contributed by atoms with Crippen molar-refractivity contribution in [3.05, 3.63) is 180 Å². The summed E-state index contributed by atoms with van der Waals surface area (Å²) in [6.07, 6.45) is 24.9. The monoisotopic (exact) mass is 462 g/mol. The lowest BCUT2D eigenvalue weighted by Gasteiger charge is -2.03. The maximum Gasteiger partial charge on any atom is -0.0184 e. The molecule has 4 aromatic carbocycles. The van der Waals surface area contributed by atoms with E-state index < -0.39 is 0 Å². The van der Waals surface area contributed by atoms with Crippen molar-refractivity contribution in [3.63, 3.8) is 0 Å². The van der Waals surface area contributed by atoms with E-state index in [0.29, 0.717) is 0 Å². The molecule has 0 nitrogen and oxygen atoms in total. The van der Waals surface area contributed by atoms with Crippen LogP contribution in [-0.2, 0) is 0 Å². The fourth-order valence-corrected chi connectivity index (χ4v) is 3.62. The molecule has 0 aromatic heterocycles. The van der Waals surface area contributed by atoms with E-state index in [1.807, 2.05) is 60.7 Å². The van der Waals surface area contributed by atoms with Crippen LogP contribution in [0.5, 0.6) is 0 Å². The Morgan fingerprint density at radius 2 is 0.528 bits per heavy atom. The van der Waals surface area contributed by atoms with Crippen molar-refractivity contribution in [1.82, 2.24) is 0 Å². The Hall–Kier alpha value is -4.68. The number of allylic oxidation sites excluding steroid dienone is 8. The number of rotatable bonds is 9. The highest BCUT2D eigenvalue weighted by Gasteiger charge is 1.97. The average molecular weight is 463 g/mol. The molecule has 0 fully saturated rings. The van der Waals surface area contributed by atoms with Gasteiger partial charge in [0.1, 0.15) is 0 Å². The molecule has 0 aliphatic carbocycles. The van der Waals surface area contributed by atoms with E-state index in [0.717, 1.165) is 0 Å². The van der Waals surface area contributed by atoms with E-state index >= 15 is 0 Å². The third-order valence-electron chi connectivity index (χ3n) is 5.58. The third kappa shape index (κ3) is 8.27. The Morgan fingerprint density at radius 1 is 0.250 bits per heavy atom. The fourth-order valence-electron chi connectivity index (χ4n) is 3.62. The molecule has 0 amide bonds. The minimum Gasteiger partial charge on any atom is -0.0622 e. The first-order chi connectivity index (χ1) is 17.9. The van der Waals surface area contributed by atoms with Gasteiger partial charge in [0.2, 0.25) is 0 Å². The van der Waals surface area contributed by atoms with Crippen LogP contribution in [0.2, 0.25) is 0 Å². The molecular formula is C36H30. The normalized spacial score (nSPS) is 12.3. The molecule has 0 heterocycles. The van der Waals surface area contributed by atoms with Gasteiger partial charge in [-0.05, 0) is 33.4 Å². The summed E-state index contributed by atoms with van der Waals surface area (Å²) in [6.45, 7) is 0. The molecular weight excluding hydrogens is 432 g/mol. The maximum absolute atomic E-state index is 2.17. The van der Waals surface area contributed by atoms with Gasteiger partial charge in [-0.3, -0.25) is 0 Å². The van der Waals surface area contributed by atoms with Gasteiger partial charge in [0.05, 0.1) is 0 Å². The van der Waals surface area contributed by atoms with E-state index in [9.17, 15) is 0 Å². The van der Waals surface area contributed by atoms with Crippen LogP contribution in [0.1, 0.15) is 22.3 Å². The lowest BCUT2D eigenvalue weighted by atomic mass is 10.0. The number of hydrogen-bond acceptors (Lipinski definition) is 0. The molecule has 0 saturated carbocycles. The van der Waals surface area contributed by atoms with Gasteiger partial charge in [-0.1, -0.05) is 182 Å². The van der Waals surface area contributed by atoms with Gasteiger partial charge in [-0.25, -0.2) is 0 Å². The first-order valence-corrected chi connectivity index (χ1v) is 12.2. The quantitative estimate of drug-likeness (QED) is 0.217. The molecule has 0 bridgehead atoms. The van der Waals surface area contributed by atoms with E-state index in [1.165, 1.54) is 33.4 Å². The topological polar surface area (TPSA) is 0 Å². The minimum absolute atomic E-state index is 1.18. The molecule has 4 aromatic rings. The minimum atomic E-state index is 1.18. The van der Waals surface area contributed by atoms with E-state index in [2.05, 4.69) is 121 Å². The fraction of sp³-hybridized carbons (Fsp3) is 0. The first kappa shape index (κ1) is 24.4. The van der Waals surface area contributed by atoms with Crippen LogP contribution < -0.4 is 0 Å². The zero-order valence-electron chi connectivity index (χ0n) is 20.3. The Morgan fingerprint density at radius 3 is 0.833 bits per heavy atom. The summed E-state index contributed by atoms with van der Waals surface area (Å²) in [5, 5.41) is 0. The smallest absolute Gasteiger partial charge is 0.0184 e. The SMILES string of the molecule is C(=C\C=C\c1ccc(-c2ccc(/C=C/C=C/C=C/c3ccccc3)cc2)cc1)/C=C/c1ccccc1. The van der Waals surface area contributed by atoms with Gasteiger partial charge < -0.3 is 0 Å². The maximum atomic E-state index is 2.17. The van der Waals surface area contributed by atoms with Crippen molar-refractivity contribution < 1.29 is 0 Å². The summed E-state index contributed by atoms with van der Waals surface area (Å²) < 4.78 is 0. The van der Waals surface area contributed by atoms with E-state index in [-0.39, 0.29) is 0 Å². The summed E-state index contributed by atoms with van der Waals surface area (Å²) >= 11 is 0. The van der Waals surface area contributed by atoms with Gasteiger partial charge >= 0.3 is 0 Å². The van der Waals surface area contributed by atoms with Gasteiger partial charge in [0, 0.05) is 0 Å². The van der Waals surface area contributed by atoms with Crippen molar-refractivity contribution >= 4 is 24.3 Å². The Bertz CT molecular complexity index is 1250. The average Bonchev–Trinajstić information content (AvgIpc) is 2.94. The van der Waals surface area contributed by atoms with Gasteiger partial charge in [0.25, 0.3) is 0 Å². The molecule has 0 radical (unpaired) electrons. The summed E-state index contributed by atoms with van der Waals surface area (Å²) in [7, 11) is 0. The highest BCUT2D eigenvalue weighted by atomic mass is 14.0. The molecule has 0 aliphatic rings. The van der Waals surface area contributed by atoms with Crippen LogP contribution >= 0.6 is 0 Å². The van der Waals surface area contributed by atoms with E-state index in [4.69, 9.17) is 0 Å². The van der Waals surface area contributed by atoms with Crippen molar-refractivity contribution in [3.8, 4) is 11.1 Å². The van der Waals surface area contributed by atoms with Crippen LogP contribution in [0, 0.1) is 0 Å². The van der Waals surface area contributed by atoms with E-state index in [1.54, 1.807) is 0 Å². The van der Waals surface area contributed by atoms with Crippen LogP contribution in [0.15, 0.2) is 158 Å². The van der Waals surface area contributed by atoms with Crippen molar-refractivity contribution in [1.29, 1.82) is 0 Å². The van der Waals surface area contributed by atoms with Crippen molar-refractivity contribution in [2.75, 3.05) is 0 Å². The highest BCUT2D eigenvalue weighted by Crippen LogP contribution is 2.21. The lowest BCUT2D eigenvalue weighted by molar-refractivity contribution is 1.58. The van der Waals surface area contributed by atoms with Gasteiger partial charge in [-0.15, -0.1) is 0 Å². The molecule has 0 saturated heterocycles. The summed E-state index contributed by atoms with van der Waals surface area (Å²) in [5.74, 6) is 0. The summed E-state index contributed by atoms with van der Waals surface area (Å²) in [6, 6.07) is 37.9. The Labute approximate surface area is 215 Å². The van der Waals surface area contributed by atoms with Crippen LogP contribution in [0.3, 0.4) is 0 Å². The van der Waals surface area contributed by atoms with Gasteiger partial charge in [0.15, 0.2) is 0 Å². The molecule has 0 spiro atoms. The lowest BCUT2D eigenvalue weighted by Crippen LogP contribution is -1.79. The second kappa shape index (κ2) is 13.9. The second-order valence-electron chi connectivity index (χ2n) is 8.27. The second-order valence-corrected chi connectivity index (χ2v) is 8.27. The first-order valence-electron chi connectivity index (χ1n) is 12.2.